The quantitative estimate of drug-likeness (QED) is 0.887. The van der Waals surface area contributed by atoms with Gasteiger partial charge in [-0.2, -0.15) is 0 Å². The third kappa shape index (κ3) is 3.04. The van der Waals surface area contributed by atoms with Crippen LogP contribution in [0.5, 0.6) is 11.5 Å². The number of rotatable bonds is 5. The molecule has 2 rings (SSSR count). The smallest absolute Gasteiger partial charge is 0.372 e. The van der Waals surface area contributed by atoms with Crippen LogP contribution in [0.25, 0.3) is 0 Å². The maximum atomic E-state index is 10.9. The molecule has 0 amide bonds. The average Bonchev–Trinajstić information content (AvgIpc) is 2.78. The molecule has 0 aliphatic rings. The molecule has 1 N–H and O–H groups in total. The zero-order valence-corrected chi connectivity index (χ0v) is 10.7. The van der Waals surface area contributed by atoms with Crippen LogP contribution in [-0.4, -0.2) is 27.7 Å². The number of imidazole rings is 1. The van der Waals surface area contributed by atoms with Crippen molar-refractivity contribution < 1.29 is 19.4 Å². The third-order valence-electron chi connectivity index (χ3n) is 2.55. The van der Waals surface area contributed by atoms with Crippen molar-refractivity contribution in [2.24, 2.45) is 7.05 Å². The summed E-state index contributed by atoms with van der Waals surface area (Å²) in [5.41, 5.74) is 0.558. The molecule has 1 aromatic carbocycles. The van der Waals surface area contributed by atoms with Crippen LogP contribution in [0, 0.1) is 0 Å². The Balaban J connectivity index is 2.06. The Bertz CT molecular complexity index is 592. The number of hydrogen-bond acceptors (Lipinski definition) is 4. The molecule has 0 spiro atoms. The number of carboxylic acids is 1. The Morgan fingerprint density at radius 1 is 1.42 bits per heavy atom. The van der Waals surface area contributed by atoms with Crippen molar-refractivity contribution in [3.8, 4) is 11.5 Å². The van der Waals surface area contributed by atoms with Crippen molar-refractivity contribution in [2.45, 2.75) is 6.61 Å². The van der Waals surface area contributed by atoms with E-state index < -0.39 is 5.97 Å². The monoisotopic (exact) mass is 262 g/mol. The van der Waals surface area contributed by atoms with E-state index in [9.17, 15) is 4.79 Å². The van der Waals surface area contributed by atoms with E-state index in [1.165, 1.54) is 4.57 Å². The number of aromatic nitrogens is 2. The van der Waals surface area contributed by atoms with Crippen molar-refractivity contribution in [1.29, 1.82) is 0 Å². The number of benzene rings is 1. The van der Waals surface area contributed by atoms with Crippen LogP contribution in [0.3, 0.4) is 0 Å². The second-order valence-electron chi connectivity index (χ2n) is 3.94. The van der Waals surface area contributed by atoms with E-state index in [-0.39, 0.29) is 12.4 Å². The van der Waals surface area contributed by atoms with Gasteiger partial charge in [0.15, 0.2) is 0 Å². The van der Waals surface area contributed by atoms with Gasteiger partial charge in [-0.3, -0.25) is 0 Å². The SMILES string of the molecule is COc1cccc(OCc2cn(C)c(C(=O)O)n2)c1. The van der Waals surface area contributed by atoms with E-state index in [4.69, 9.17) is 14.6 Å². The van der Waals surface area contributed by atoms with E-state index in [1.807, 2.05) is 12.1 Å². The summed E-state index contributed by atoms with van der Waals surface area (Å²) in [5.74, 6) is 0.269. The number of aryl methyl sites for hydroxylation is 1. The normalized spacial score (nSPS) is 10.2. The molecule has 6 nitrogen and oxygen atoms in total. The highest BCUT2D eigenvalue weighted by Gasteiger charge is 2.12. The molecule has 1 heterocycles. The molecular formula is C13H14N2O4. The Morgan fingerprint density at radius 3 is 2.79 bits per heavy atom. The van der Waals surface area contributed by atoms with Gasteiger partial charge in [-0.15, -0.1) is 0 Å². The van der Waals surface area contributed by atoms with E-state index in [0.717, 1.165) is 0 Å². The molecule has 0 unspecified atom stereocenters. The summed E-state index contributed by atoms with van der Waals surface area (Å²) in [7, 11) is 3.21. The first-order chi connectivity index (χ1) is 9.10. The number of carboxylic acid groups (broad SMARTS) is 1. The van der Waals surface area contributed by atoms with Crippen molar-refractivity contribution in [3.05, 3.63) is 42.0 Å². The Hall–Kier alpha value is -2.50. The van der Waals surface area contributed by atoms with Gasteiger partial charge < -0.3 is 19.1 Å². The van der Waals surface area contributed by atoms with Crippen LogP contribution in [0.2, 0.25) is 0 Å². The van der Waals surface area contributed by atoms with Crippen LogP contribution >= 0.6 is 0 Å². The summed E-state index contributed by atoms with van der Waals surface area (Å²) in [6.07, 6.45) is 1.63. The summed E-state index contributed by atoms with van der Waals surface area (Å²) in [4.78, 5) is 14.8. The number of aromatic carboxylic acids is 1. The molecule has 0 atom stereocenters. The zero-order chi connectivity index (χ0) is 13.8. The molecule has 0 aliphatic heterocycles. The fraction of sp³-hybridized carbons (Fsp3) is 0.231. The minimum atomic E-state index is -1.06. The molecular weight excluding hydrogens is 248 g/mol. The van der Waals surface area contributed by atoms with Crippen molar-refractivity contribution in [3.63, 3.8) is 0 Å². The lowest BCUT2D eigenvalue weighted by atomic mass is 10.3. The first-order valence-corrected chi connectivity index (χ1v) is 5.62. The first-order valence-electron chi connectivity index (χ1n) is 5.62. The maximum Gasteiger partial charge on any atom is 0.372 e. The topological polar surface area (TPSA) is 73.6 Å². The minimum absolute atomic E-state index is 0.00996. The number of carbonyl (C=O) groups is 1. The zero-order valence-electron chi connectivity index (χ0n) is 10.7. The van der Waals surface area contributed by atoms with Gasteiger partial charge in [0.25, 0.3) is 0 Å². The number of nitrogens with zero attached hydrogens (tertiary/aromatic N) is 2. The van der Waals surface area contributed by atoms with E-state index in [1.54, 1.807) is 32.5 Å². The third-order valence-corrected chi connectivity index (χ3v) is 2.55. The lowest BCUT2D eigenvalue weighted by molar-refractivity contribution is 0.0679. The van der Waals surface area contributed by atoms with Crippen LogP contribution in [-0.2, 0) is 13.7 Å². The highest BCUT2D eigenvalue weighted by atomic mass is 16.5. The van der Waals surface area contributed by atoms with Crippen LogP contribution in [0.15, 0.2) is 30.5 Å². The molecule has 0 saturated carbocycles. The lowest BCUT2D eigenvalue weighted by Gasteiger charge is -2.05. The standard InChI is InChI=1S/C13H14N2O4/c1-15-7-9(14-12(15)13(16)17)8-19-11-5-3-4-10(6-11)18-2/h3-7H,8H2,1-2H3,(H,16,17). The highest BCUT2D eigenvalue weighted by Crippen LogP contribution is 2.19. The van der Waals surface area contributed by atoms with Gasteiger partial charge in [-0.05, 0) is 12.1 Å². The van der Waals surface area contributed by atoms with Gasteiger partial charge in [0.05, 0.1) is 12.8 Å². The van der Waals surface area contributed by atoms with E-state index in [0.29, 0.717) is 17.2 Å². The highest BCUT2D eigenvalue weighted by molar-refractivity contribution is 5.83. The van der Waals surface area contributed by atoms with E-state index in [2.05, 4.69) is 4.98 Å². The summed E-state index contributed by atoms with van der Waals surface area (Å²) in [6.45, 7) is 0.203. The molecule has 0 bridgehead atoms. The Morgan fingerprint density at radius 2 is 2.16 bits per heavy atom. The number of hydrogen-bond donors (Lipinski definition) is 1. The summed E-state index contributed by atoms with van der Waals surface area (Å²) in [5, 5.41) is 8.89. The van der Waals surface area contributed by atoms with Gasteiger partial charge in [0.1, 0.15) is 18.1 Å². The van der Waals surface area contributed by atoms with Crippen LogP contribution in [0.4, 0.5) is 0 Å². The lowest BCUT2D eigenvalue weighted by Crippen LogP contribution is -2.05. The van der Waals surface area contributed by atoms with Crippen molar-refractivity contribution >= 4 is 5.97 Å². The van der Waals surface area contributed by atoms with Gasteiger partial charge in [0.2, 0.25) is 5.82 Å². The van der Waals surface area contributed by atoms with Crippen molar-refractivity contribution in [1.82, 2.24) is 9.55 Å². The molecule has 6 heteroatoms. The summed E-state index contributed by atoms with van der Waals surface area (Å²) in [6, 6.07) is 7.18. The Kier molecular flexibility index (Phi) is 3.70. The molecule has 0 fully saturated rings. The molecule has 2 aromatic rings. The molecule has 1 aromatic heterocycles. The Labute approximate surface area is 110 Å². The number of methoxy groups -OCH3 is 1. The van der Waals surface area contributed by atoms with E-state index >= 15 is 0 Å². The largest absolute Gasteiger partial charge is 0.497 e. The van der Waals surface area contributed by atoms with Crippen molar-refractivity contribution in [2.75, 3.05) is 7.11 Å². The molecule has 0 aliphatic carbocycles. The first kappa shape index (κ1) is 12.9. The summed E-state index contributed by atoms with van der Waals surface area (Å²) < 4.78 is 12.1. The fourth-order valence-corrected chi connectivity index (χ4v) is 1.64. The predicted octanol–water partition coefficient (Wildman–Crippen LogP) is 1.71. The second-order valence-corrected chi connectivity index (χ2v) is 3.94. The fourth-order valence-electron chi connectivity index (χ4n) is 1.64. The van der Waals surface area contributed by atoms with Crippen LogP contribution < -0.4 is 9.47 Å². The van der Waals surface area contributed by atoms with Gasteiger partial charge in [0, 0.05) is 19.3 Å². The average molecular weight is 262 g/mol. The van der Waals surface area contributed by atoms with Gasteiger partial charge in [-0.1, -0.05) is 6.07 Å². The molecule has 0 saturated heterocycles. The second kappa shape index (κ2) is 5.43. The molecule has 19 heavy (non-hydrogen) atoms. The molecule has 100 valence electrons. The maximum absolute atomic E-state index is 10.9. The van der Waals surface area contributed by atoms with Gasteiger partial charge in [-0.25, -0.2) is 9.78 Å². The minimum Gasteiger partial charge on any atom is -0.497 e. The van der Waals surface area contributed by atoms with Gasteiger partial charge >= 0.3 is 5.97 Å². The predicted molar refractivity (Wildman–Crippen MR) is 67.5 cm³/mol. The number of ether oxygens (including phenoxy) is 2. The molecule has 0 radical (unpaired) electrons. The van der Waals surface area contributed by atoms with Crippen LogP contribution in [0.1, 0.15) is 16.3 Å². The summed E-state index contributed by atoms with van der Waals surface area (Å²) >= 11 is 0.